The van der Waals surface area contributed by atoms with Gasteiger partial charge in [0, 0.05) is 66.6 Å². The summed E-state index contributed by atoms with van der Waals surface area (Å²) in [6.45, 7) is 8.40. The Balaban J connectivity index is 1.32. The average Bonchev–Trinajstić information content (AvgIpc) is 3.70. The molecule has 5 aromatic rings. The summed E-state index contributed by atoms with van der Waals surface area (Å²) in [7, 11) is -4.04. The summed E-state index contributed by atoms with van der Waals surface area (Å²) in [5.74, 6) is -0.144. The Morgan fingerprint density at radius 2 is 1.73 bits per heavy atom. The van der Waals surface area contributed by atoms with E-state index in [2.05, 4.69) is 15.1 Å². The number of amides is 1. The molecule has 0 N–H and O–H groups in total. The van der Waals surface area contributed by atoms with Crippen LogP contribution >= 0.6 is 0 Å². The van der Waals surface area contributed by atoms with Crippen LogP contribution in [0.5, 0.6) is 5.88 Å². The molecule has 49 heavy (non-hydrogen) atoms. The number of carbonyl (C=O) groups is 2. The number of likely N-dealkylation sites (tertiary alicyclic amines) is 1. The van der Waals surface area contributed by atoms with E-state index in [1.54, 1.807) is 48.6 Å². The summed E-state index contributed by atoms with van der Waals surface area (Å²) >= 11 is 0. The van der Waals surface area contributed by atoms with E-state index in [-0.39, 0.29) is 41.8 Å². The Bertz CT molecular complexity index is 2080. The number of hydrogen-bond donors (Lipinski definition) is 0. The van der Waals surface area contributed by atoms with Gasteiger partial charge in [-0.25, -0.2) is 27.2 Å². The van der Waals surface area contributed by atoms with Gasteiger partial charge in [-0.2, -0.15) is 5.10 Å². The third-order valence-corrected chi connectivity index (χ3v) is 9.41. The second-order valence-corrected chi connectivity index (χ2v) is 14.3. The molecule has 4 aromatic heterocycles. The van der Waals surface area contributed by atoms with Crippen LogP contribution in [0.2, 0.25) is 0 Å². The summed E-state index contributed by atoms with van der Waals surface area (Å²) in [6, 6.07) is 9.91. The molecular formula is C34H37N7O7S. The van der Waals surface area contributed by atoms with Gasteiger partial charge >= 0.3 is 12.1 Å². The van der Waals surface area contributed by atoms with Crippen molar-refractivity contribution in [1.82, 2.24) is 33.6 Å². The van der Waals surface area contributed by atoms with Crippen molar-refractivity contribution < 1.29 is 32.2 Å². The lowest BCUT2D eigenvalue weighted by atomic mass is 10.1. The lowest BCUT2D eigenvalue weighted by molar-refractivity contribution is -0.144. The number of piperidine rings is 1. The van der Waals surface area contributed by atoms with E-state index in [1.165, 1.54) is 35.4 Å². The Labute approximate surface area is 283 Å². The first-order chi connectivity index (χ1) is 23.4. The van der Waals surface area contributed by atoms with Crippen molar-refractivity contribution in [2.24, 2.45) is 0 Å². The Morgan fingerprint density at radius 3 is 2.45 bits per heavy atom. The maximum absolute atomic E-state index is 13.9. The molecule has 0 aliphatic carbocycles. The molecule has 0 spiro atoms. The van der Waals surface area contributed by atoms with Gasteiger partial charge in [0.1, 0.15) is 18.2 Å². The summed E-state index contributed by atoms with van der Waals surface area (Å²) in [5, 5.41) is 4.78. The van der Waals surface area contributed by atoms with Crippen molar-refractivity contribution >= 4 is 33.1 Å². The monoisotopic (exact) mass is 687 g/mol. The SMILES string of the molecule is CCOC(=O)Cn1cc(-c2cnc3c(c2)c(-c2cncc(OC4CCN(C(=O)OC(C)(C)C)CC4)n2)cn3S(=O)(=O)c2ccccc2)cn1. The predicted molar refractivity (Wildman–Crippen MR) is 179 cm³/mol. The summed E-state index contributed by atoms with van der Waals surface area (Å²) in [6.07, 6.45) is 9.98. The highest BCUT2D eigenvalue weighted by atomic mass is 32.2. The molecule has 1 aliphatic heterocycles. The van der Waals surface area contributed by atoms with Crippen LogP contribution in [0.25, 0.3) is 33.4 Å². The molecule has 0 saturated carbocycles. The van der Waals surface area contributed by atoms with Gasteiger partial charge in [0.05, 0.1) is 35.8 Å². The zero-order valence-corrected chi connectivity index (χ0v) is 28.5. The maximum Gasteiger partial charge on any atom is 0.410 e. The molecule has 256 valence electrons. The minimum atomic E-state index is -4.04. The number of esters is 1. The van der Waals surface area contributed by atoms with E-state index >= 15 is 0 Å². The molecule has 14 nitrogen and oxygen atoms in total. The van der Waals surface area contributed by atoms with E-state index in [1.807, 2.05) is 26.8 Å². The van der Waals surface area contributed by atoms with Crippen LogP contribution in [-0.4, -0.2) is 85.5 Å². The summed E-state index contributed by atoms with van der Waals surface area (Å²) in [4.78, 5) is 39.9. The van der Waals surface area contributed by atoms with Gasteiger partial charge < -0.3 is 19.1 Å². The first-order valence-electron chi connectivity index (χ1n) is 15.9. The first-order valence-corrected chi connectivity index (χ1v) is 17.3. The van der Waals surface area contributed by atoms with Gasteiger partial charge in [-0.05, 0) is 45.9 Å². The second kappa shape index (κ2) is 13.7. The third-order valence-electron chi connectivity index (χ3n) is 7.74. The van der Waals surface area contributed by atoms with E-state index in [0.29, 0.717) is 53.7 Å². The number of nitrogens with zero attached hydrogens (tertiary/aromatic N) is 7. The maximum atomic E-state index is 13.9. The highest BCUT2D eigenvalue weighted by molar-refractivity contribution is 7.90. The number of rotatable bonds is 9. The molecular weight excluding hydrogens is 650 g/mol. The van der Waals surface area contributed by atoms with Gasteiger partial charge in [-0.3, -0.25) is 14.5 Å². The quantitative estimate of drug-likeness (QED) is 0.193. The molecule has 0 bridgehead atoms. The number of aromatic nitrogens is 6. The van der Waals surface area contributed by atoms with Crippen LogP contribution in [0.15, 0.2) is 78.5 Å². The molecule has 1 aliphatic rings. The van der Waals surface area contributed by atoms with Crippen molar-refractivity contribution in [1.29, 1.82) is 0 Å². The second-order valence-electron chi connectivity index (χ2n) is 12.5. The van der Waals surface area contributed by atoms with Crippen molar-refractivity contribution in [2.45, 2.75) is 63.7 Å². The standard InChI is InChI=1S/C34H37N7O7S/c1-5-46-31(42)22-40-20-24(17-37-40)23-15-27-28(21-41(32(27)36-16-23)49(44,45)26-9-7-6-8-10-26)29-18-35-19-30(38-29)47-25-11-13-39(14-12-25)33(43)48-34(2,3)4/h6-10,15-21,25H,5,11-14,22H2,1-4H3. The van der Waals surface area contributed by atoms with E-state index in [9.17, 15) is 18.0 Å². The predicted octanol–water partition coefficient (Wildman–Crippen LogP) is 4.94. The summed E-state index contributed by atoms with van der Waals surface area (Å²) < 4.78 is 47.0. The van der Waals surface area contributed by atoms with E-state index < -0.39 is 21.6 Å². The number of hydrogen-bond acceptors (Lipinski definition) is 11. The Morgan fingerprint density at radius 1 is 0.980 bits per heavy atom. The van der Waals surface area contributed by atoms with Gasteiger partial charge in [-0.1, -0.05) is 18.2 Å². The van der Waals surface area contributed by atoms with Crippen LogP contribution in [0, 0.1) is 0 Å². The molecule has 1 amide bonds. The fourth-order valence-corrected chi connectivity index (χ4v) is 6.80. The molecule has 0 unspecified atom stereocenters. The van der Waals surface area contributed by atoms with E-state index in [0.717, 1.165) is 3.97 Å². The smallest absolute Gasteiger partial charge is 0.410 e. The molecule has 0 atom stereocenters. The fourth-order valence-electron chi connectivity index (χ4n) is 5.46. The van der Waals surface area contributed by atoms with Crippen molar-refractivity contribution in [3.05, 3.63) is 73.6 Å². The van der Waals surface area contributed by atoms with Gasteiger partial charge in [-0.15, -0.1) is 0 Å². The Kier molecular flexibility index (Phi) is 9.37. The summed E-state index contributed by atoms with van der Waals surface area (Å²) in [5.41, 5.74) is 1.80. The van der Waals surface area contributed by atoms with Gasteiger partial charge in [0.15, 0.2) is 5.65 Å². The minimum Gasteiger partial charge on any atom is -0.473 e. The lowest BCUT2D eigenvalue weighted by Gasteiger charge is -2.33. The first kappa shape index (κ1) is 33.6. The molecule has 1 fully saturated rings. The molecule has 6 rings (SSSR count). The van der Waals surface area contributed by atoms with Crippen LogP contribution < -0.4 is 4.74 Å². The largest absolute Gasteiger partial charge is 0.473 e. The topological polar surface area (TPSA) is 161 Å². The van der Waals surface area contributed by atoms with Crippen LogP contribution in [0.1, 0.15) is 40.5 Å². The highest BCUT2D eigenvalue weighted by Crippen LogP contribution is 2.34. The van der Waals surface area contributed by atoms with Gasteiger partial charge in [0.25, 0.3) is 10.0 Å². The number of ether oxygens (including phenoxy) is 3. The minimum absolute atomic E-state index is 0.0527. The normalized spacial score (nSPS) is 14.2. The molecule has 15 heteroatoms. The average molecular weight is 688 g/mol. The molecule has 0 radical (unpaired) electrons. The highest BCUT2D eigenvalue weighted by Gasteiger charge is 2.29. The number of benzene rings is 1. The zero-order valence-electron chi connectivity index (χ0n) is 27.6. The van der Waals surface area contributed by atoms with Crippen molar-refractivity contribution in [2.75, 3.05) is 19.7 Å². The molecule has 1 aromatic carbocycles. The van der Waals surface area contributed by atoms with Crippen molar-refractivity contribution in [3.8, 4) is 28.3 Å². The number of pyridine rings is 1. The fraction of sp³-hybridized carbons (Fsp3) is 0.353. The number of fused-ring (bicyclic) bond motifs is 1. The lowest BCUT2D eigenvalue weighted by Crippen LogP contribution is -2.44. The zero-order chi connectivity index (χ0) is 34.8. The van der Waals surface area contributed by atoms with E-state index in [4.69, 9.17) is 19.2 Å². The molecule has 1 saturated heterocycles. The van der Waals surface area contributed by atoms with Gasteiger partial charge in [0.2, 0.25) is 5.88 Å². The number of carbonyl (C=O) groups excluding carboxylic acids is 2. The molecule has 5 heterocycles. The Hall–Kier alpha value is -5.31. The van der Waals surface area contributed by atoms with Crippen LogP contribution in [-0.2, 0) is 30.8 Å². The third kappa shape index (κ3) is 7.56. The van der Waals surface area contributed by atoms with Crippen LogP contribution in [0.4, 0.5) is 4.79 Å². The van der Waals surface area contributed by atoms with Crippen molar-refractivity contribution in [3.63, 3.8) is 0 Å². The van der Waals surface area contributed by atoms with Crippen LogP contribution in [0.3, 0.4) is 0 Å².